The molecular weight excluding hydrogens is 184 g/mol. The first kappa shape index (κ1) is 12.6. The van der Waals surface area contributed by atoms with Gasteiger partial charge in [0.1, 0.15) is 0 Å². The number of rotatable bonds is 8. The highest BCUT2D eigenvalue weighted by molar-refractivity contribution is 6.48. The normalized spacial score (nSPS) is 12.2. The SMILES string of the molecule is C=[Si](OC)OCCCC(N)CCN. The summed E-state index contributed by atoms with van der Waals surface area (Å²) in [5.41, 5.74) is 11.1. The van der Waals surface area contributed by atoms with Crippen LogP contribution in [-0.2, 0) is 8.85 Å². The smallest absolute Gasteiger partial charge is 0.471 e. The zero-order chi connectivity index (χ0) is 10.1. The Bertz CT molecular complexity index is 144. The minimum Gasteiger partial charge on any atom is -0.527 e. The van der Waals surface area contributed by atoms with E-state index in [0.717, 1.165) is 19.3 Å². The fourth-order valence-corrected chi connectivity index (χ4v) is 1.44. The van der Waals surface area contributed by atoms with Crippen molar-refractivity contribution < 1.29 is 8.85 Å². The van der Waals surface area contributed by atoms with Crippen LogP contribution in [0.25, 0.3) is 0 Å². The zero-order valence-corrected chi connectivity index (χ0v) is 9.29. The van der Waals surface area contributed by atoms with Crippen LogP contribution in [-0.4, -0.2) is 41.4 Å². The van der Waals surface area contributed by atoms with Gasteiger partial charge in [-0.3, -0.25) is 0 Å². The lowest BCUT2D eigenvalue weighted by Gasteiger charge is -2.10. The van der Waals surface area contributed by atoms with Gasteiger partial charge < -0.3 is 20.3 Å². The van der Waals surface area contributed by atoms with Gasteiger partial charge in [0.2, 0.25) is 0 Å². The third-order valence-electron chi connectivity index (χ3n) is 1.75. The summed E-state index contributed by atoms with van der Waals surface area (Å²) < 4.78 is 10.2. The molecule has 1 atom stereocenters. The molecule has 0 aromatic heterocycles. The van der Waals surface area contributed by atoms with Crippen molar-refractivity contribution in [3.8, 4) is 0 Å². The van der Waals surface area contributed by atoms with Crippen molar-refractivity contribution in [3.63, 3.8) is 0 Å². The summed E-state index contributed by atoms with van der Waals surface area (Å²) in [6.07, 6.45) is 6.50. The van der Waals surface area contributed by atoms with E-state index < -0.39 is 8.90 Å². The summed E-state index contributed by atoms with van der Waals surface area (Å²) in [6.45, 7) is 1.34. The minimum absolute atomic E-state index is 0.205. The predicted molar refractivity (Wildman–Crippen MR) is 56.7 cm³/mol. The Morgan fingerprint density at radius 2 is 2.15 bits per heavy atom. The molecule has 0 aliphatic carbocycles. The summed E-state index contributed by atoms with van der Waals surface area (Å²) in [4.78, 5) is 0. The Hall–Kier alpha value is -0.393. The maximum absolute atomic E-state index is 5.76. The van der Waals surface area contributed by atoms with Crippen LogP contribution in [0.1, 0.15) is 19.3 Å². The number of nitrogens with two attached hydrogens (primary N) is 2. The van der Waals surface area contributed by atoms with Gasteiger partial charge in [-0.25, -0.2) is 0 Å². The second kappa shape index (κ2) is 8.22. The molecule has 0 amide bonds. The van der Waals surface area contributed by atoms with Gasteiger partial charge >= 0.3 is 8.90 Å². The lowest BCUT2D eigenvalue weighted by Crippen LogP contribution is -2.24. The summed E-state index contributed by atoms with van der Waals surface area (Å²) in [5.74, 6) is 0. The van der Waals surface area contributed by atoms with Crippen molar-refractivity contribution in [1.29, 1.82) is 0 Å². The molecule has 5 heteroatoms. The molecule has 0 aliphatic rings. The molecule has 0 spiro atoms. The standard InChI is InChI=1S/C8H20N2O2Si/c1-11-13(2)12-7-3-4-8(10)5-6-9/h8H,2-7,9-10H2,1H3. The van der Waals surface area contributed by atoms with Crippen LogP contribution in [0.15, 0.2) is 0 Å². The molecule has 0 saturated carbocycles. The topological polar surface area (TPSA) is 70.5 Å². The molecule has 0 saturated heterocycles. The number of hydrogen-bond donors (Lipinski definition) is 2. The van der Waals surface area contributed by atoms with Gasteiger partial charge in [-0.05, 0) is 32.0 Å². The molecule has 0 bridgehead atoms. The van der Waals surface area contributed by atoms with Crippen LogP contribution in [0.5, 0.6) is 0 Å². The van der Waals surface area contributed by atoms with Gasteiger partial charge in [0, 0.05) is 6.04 Å². The van der Waals surface area contributed by atoms with E-state index >= 15 is 0 Å². The van der Waals surface area contributed by atoms with Crippen molar-refractivity contribution in [2.24, 2.45) is 11.5 Å². The van der Waals surface area contributed by atoms with Gasteiger partial charge in [0.05, 0.1) is 13.7 Å². The quantitative estimate of drug-likeness (QED) is 0.417. The summed E-state index contributed by atoms with van der Waals surface area (Å²) in [6, 6.07) is 0.205. The maximum atomic E-state index is 5.76. The highest BCUT2D eigenvalue weighted by Crippen LogP contribution is 1.98. The molecule has 0 aromatic carbocycles. The lowest BCUT2D eigenvalue weighted by molar-refractivity contribution is 0.242. The minimum atomic E-state index is -1.25. The van der Waals surface area contributed by atoms with Crippen LogP contribution in [0.2, 0.25) is 0 Å². The van der Waals surface area contributed by atoms with E-state index in [0.29, 0.717) is 13.2 Å². The van der Waals surface area contributed by atoms with E-state index in [2.05, 4.69) is 6.17 Å². The third kappa shape index (κ3) is 7.95. The van der Waals surface area contributed by atoms with Gasteiger partial charge in [-0.1, -0.05) is 0 Å². The van der Waals surface area contributed by atoms with E-state index in [1.54, 1.807) is 7.11 Å². The largest absolute Gasteiger partial charge is 0.527 e. The molecule has 4 nitrogen and oxygen atoms in total. The van der Waals surface area contributed by atoms with E-state index in [-0.39, 0.29) is 6.04 Å². The van der Waals surface area contributed by atoms with E-state index in [1.165, 1.54) is 0 Å². The lowest BCUT2D eigenvalue weighted by atomic mass is 10.1. The average Bonchev–Trinajstić information content (AvgIpc) is 2.12. The predicted octanol–water partition coefficient (Wildman–Crippen LogP) is -0.392. The van der Waals surface area contributed by atoms with Gasteiger partial charge in [0.15, 0.2) is 0 Å². The molecule has 78 valence electrons. The Kier molecular flexibility index (Phi) is 7.97. The zero-order valence-electron chi connectivity index (χ0n) is 8.29. The van der Waals surface area contributed by atoms with Gasteiger partial charge in [-0.2, -0.15) is 0 Å². The third-order valence-corrected chi connectivity index (χ3v) is 2.73. The van der Waals surface area contributed by atoms with Crippen LogP contribution < -0.4 is 11.5 Å². The molecule has 4 N–H and O–H groups in total. The second-order valence-corrected chi connectivity index (χ2v) is 4.35. The first-order valence-electron chi connectivity index (χ1n) is 4.52. The Morgan fingerprint density at radius 3 is 2.69 bits per heavy atom. The maximum Gasteiger partial charge on any atom is 0.471 e. The number of hydrogen-bond acceptors (Lipinski definition) is 4. The van der Waals surface area contributed by atoms with Crippen LogP contribution in [0.4, 0.5) is 0 Å². The highest BCUT2D eigenvalue weighted by Gasteiger charge is 2.01. The molecule has 0 fully saturated rings. The molecular formula is C8H20N2O2Si. The molecule has 0 aromatic rings. The molecule has 0 rings (SSSR count). The second-order valence-electron chi connectivity index (χ2n) is 2.90. The first-order valence-corrected chi connectivity index (χ1v) is 6.04. The van der Waals surface area contributed by atoms with Crippen LogP contribution >= 0.6 is 0 Å². The van der Waals surface area contributed by atoms with Gasteiger partial charge in [-0.15, -0.1) is 0 Å². The first-order chi connectivity index (χ1) is 6.20. The van der Waals surface area contributed by atoms with Crippen LogP contribution in [0, 0.1) is 0 Å². The Balaban J connectivity index is 3.20. The van der Waals surface area contributed by atoms with Crippen molar-refractivity contribution in [1.82, 2.24) is 0 Å². The molecule has 0 radical (unpaired) electrons. The van der Waals surface area contributed by atoms with Crippen molar-refractivity contribution in [2.45, 2.75) is 25.3 Å². The summed E-state index contributed by atoms with van der Waals surface area (Å²) in [5, 5.41) is 0. The monoisotopic (exact) mass is 204 g/mol. The van der Waals surface area contributed by atoms with E-state index in [9.17, 15) is 0 Å². The van der Waals surface area contributed by atoms with Crippen molar-refractivity contribution in [3.05, 3.63) is 0 Å². The van der Waals surface area contributed by atoms with Crippen molar-refractivity contribution >= 4 is 15.1 Å². The Morgan fingerprint density at radius 1 is 1.46 bits per heavy atom. The molecule has 0 aliphatic heterocycles. The Labute approximate surface area is 81.7 Å². The fraction of sp³-hybridized carbons (Fsp3) is 0.875. The highest BCUT2D eigenvalue weighted by atomic mass is 28.3. The van der Waals surface area contributed by atoms with Crippen molar-refractivity contribution in [2.75, 3.05) is 20.3 Å². The molecule has 13 heavy (non-hydrogen) atoms. The fourth-order valence-electron chi connectivity index (χ4n) is 0.949. The van der Waals surface area contributed by atoms with E-state index in [1.807, 2.05) is 0 Å². The van der Waals surface area contributed by atoms with Crippen LogP contribution in [0.3, 0.4) is 0 Å². The van der Waals surface area contributed by atoms with E-state index in [4.69, 9.17) is 20.3 Å². The summed E-state index contributed by atoms with van der Waals surface area (Å²) >= 11 is 0. The summed E-state index contributed by atoms with van der Waals surface area (Å²) in [7, 11) is 0.358. The molecule has 1 unspecified atom stereocenters. The average molecular weight is 204 g/mol. The molecule has 0 heterocycles. The van der Waals surface area contributed by atoms with Gasteiger partial charge in [0.25, 0.3) is 0 Å².